The lowest BCUT2D eigenvalue weighted by Crippen LogP contribution is -2.24. The van der Waals surface area contributed by atoms with Crippen LogP contribution in [0.4, 0.5) is 5.69 Å². The molecule has 0 bridgehead atoms. The zero-order chi connectivity index (χ0) is 13.0. The Morgan fingerprint density at radius 1 is 1.28 bits per heavy atom. The van der Waals surface area contributed by atoms with Crippen molar-refractivity contribution >= 4 is 40.7 Å². The van der Waals surface area contributed by atoms with Crippen LogP contribution in [0.5, 0.6) is 0 Å². The van der Waals surface area contributed by atoms with Crippen molar-refractivity contribution in [2.45, 2.75) is 0 Å². The van der Waals surface area contributed by atoms with Crippen LogP contribution < -0.4 is 21.0 Å². The number of nitrogens with two attached hydrogens (primary N) is 1. The van der Waals surface area contributed by atoms with E-state index in [2.05, 4.69) is 5.32 Å². The molecule has 0 saturated heterocycles. The molecule has 0 spiro atoms. The summed E-state index contributed by atoms with van der Waals surface area (Å²) in [7, 11) is -1.68. The fourth-order valence-electron chi connectivity index (χ4n) is 1.46. The maximum Gasteiger partial charge on any atom is 0.428 e. The van der Waals surface area contributed by atoms with Crippen molar-refractivity contribution in [1.82, 2.24) is 0 Å². The van der Waals surface area contributed by atoms with Gasteiger partial charge >= 0.3 is 7.80 Å². The highest BCUT2D eigenvalue weighted by molar-refractivity contribution is 7.68. The van der Waals surface area contributed by atoms with Crippen LogP contribution in [0.2, 0.25) is 0 Å². The Hall–Kier alpha value is -1.55. The van der Waals surface area contributed by atoms with Crippen LogP contribution in [0.1, 0.15) is 0 Å². The zero-order valence-corrected chi connectivity index (χ0v) is 11.2. The van der Waals surface area contributed by atoms with Gasteiger partial charge in [-0.1, -0.05) is 28.0 Å². The van der Waals surface area contributed by atoms with Gasteiger partial charge in [0.15, 0.2) is 0 Å². The average Bonchev–Trinajstić information content (AvgIpc) is 2.92. The van der Waals surface area contributed by atoms with E-state index < -0.39 is 7.80 Å². The van der Waals surface area contributed by atoms with Crippen molar-refractivity contribution in [1.29, 1.82) is 0 Å². The van der Waals surface area contributed by atoms with E-state index in [0.29, 0.717) is 11.0 Å². The summed E-state index contributed by atoms with van der Waals surface area (Å²) in [5.41, 5.74) is 5.82. The lowest BCUT2D eigenvalue weighted by Gasteiger charge is -2.02. The molecule has 3 N–H and O–H groups in total. The van der Waals surface area contributed by atoms with Crippen LogP contribution in [0, 0.1) is 0 Å². The Bertz CT molecular complexity index is 569. The standard InChI is InChI=1S/C12H11N2O2PS/c13-8-11(15)14-9-4-1-2-5-10(9)17(16)12-6-3-7-18-12/h1-7H,8,13H2/p+1. The van der Waals surface area contributed by atoms with Gasteiger partial charge in [0, 0.05) is 6.07 Å². The molecule has 1 atom stereocenters. The smallest absolute Gasteiger partial charge is 0.322 e. The Morgan fingerprint density at radius 2 is 2.06 bits per heavy atom. The third-order valence-corrected chi connectivity index (χ3v) is 5.15. The van der Waals surface area contributed by atoms with E-state index in [1.165, 1.54) is 11.3 Å². The minimum Gasteiger partial charge on any atom is -0.322 e. The van der Waals surface area contributed by atoms with Gasteiger partial charge in [-0.25, -0.2) is 0 Å². The first-order valence-electron chi connectivity index (χ1n) is 5.32. The fourth-order valence-corrected chi connectivity index (χ4v) is 3.81. The summed E-state index contributed by atoms with van der Waals surface area (Å²) in [6.45, 7) is -0.0931. The molecule has 2 aromatic rings. The van der Waals surface area contributed by atoms with E-state index in [1.807, 2.05) is 17.5 Å². The van der Waals surface area contributed by atoms with Gasteiger partial charge in [0.2, 0.25) is 15.8 Å². The van der Waals surface area contributed by atoms with Gasteiger partial charge in [-0.15, -0.1) is 0 Å². The molecule has 6 heteroatoms. The van der Waals surface area contributed by atoms with Crippen molar-refractivity contribution in [2.24, 2.45) is 5.73 Å². The van der Waals surface area contributed by atoms with Crippen molar-refractivity contribution in [3.8, 4) is 0 Å². The van der Waals surface area contributed by atoms with Crippen molar-refractivity contribution < 1.29 is 9.36 Å². The van der Waals surface area contributed by atoms with Crippen LogP contribution >= 0.6 is 19.1 Å². The minimum absolute atomic E-state index is 0.0931. The molecule has 18 heavy (non-hydrogen) atoms. The van der Waals surface area contributed by atoms with Crippen LogP contribution in [-0.2, 0) is 9.36 Å². The second-order valence-corrected chi connectivity index (χ2v) is 6.32. The molecule has 0 fully saturated rings. The molecule has 1 heterocycles. The third kappa shape index (κ3) is 2.82. The molecule has 1 amide bonds. The van der Waals surface area contributed by atoms with Gasteiger partial charge in [-0.3, -0.25) is 4.79 Å². The van der Waals surface area contributed by atoms with Crippen LogP contribution in [-0.4, -0.2) is 12.5 Å². The Morgan fingerprint density at radius 3 is 2.72 bits per heavy atom. The van der Waals surface area contributed by atoms with E-state index >= 15 is 0 Å². The maximum absolute atomic E-state index is 12.4. The van der Waals surface area contributed by atoms with Gasteiger partial charge in [0.05, 0.1) is 12.2 Å². The number of anilines is 1. The lowest BCUT2D eigenvalue weighted by atomic mass is 10.3. The largest absolute Gasteiger partial charge is 0.428 e. The number of carbonyl (C=O) groups is 1. The summed E-state index contributed by atoms with van der Waals surface area (Å²) in [5, 5.41) is 5.16. The van der Waals surface area contributed by atoms with Gasteiger partial charge in [-0.05, 0) is 23.6 Å². The first kappa shape index (κ1) is 12.9. The highest BCUT2D eigenvalue weighted by Gasteiger charge is 2.28. The molecule has 4 nitrogen and oxygen atoms in total. The van der Waals surface area contributed by atoms with Gasteiger partial charge < -0.3 is 11.1 Å². The summed E-state index contributed by atoms with van der Waals surface area (Å²) in [5.74, 6) is -0.294. The summed E-state index contributed by atoms with van der Waals surface area (Å²) in [6, 6.07) is 10.7. The second-order valence-electron chi connectivity index (χ2n) is 3.52. The molecule has 0 saturated carbocycles. The number of thiophene rings is 1. The number of rotatable bonds is 4. The molecular weight excluding hydrogens is 267 g/mol. The molecule has 0 radical (unpaired) electrons. The van der Waals surface area contributed by atoms with Crippen molar-refractivity contribution in [3.63, 3.8) is 0 Å². The molecule has 0 aliphatic heterocycles. The summed E-state index contributed by atoms with van der Waals surface area (Å²) < 4.78 is 13.2. The van der Waals surface area contributed by atoms with Crippen LogP contribution in [0.3, 0.4) is 0 Å². The third-order valence-electron chi connectivity index (χ3n) is 2.29. The number of amides is 1. The lowest BCUT2D eigenvalue weighted by molar-refractivity contribution is -0.114. The maximum atomic E-state index is 12.4. The van der Waals surface area contributed by atoms with Gasteiger partial charge in [0.25, 0.3) is 0 Å². The molecule has 92 valence electrons. The van der Waals surface area contributed by atoms with E-state index in [-0.39, 0.29) is 12.5 Å². The molecule has 1 aromatic heterocycles. The van der Waals surface area contributed by atoms with Gasteiger partial charge in [0.1, 0.15) is 0 Å². The molecule has 2 rings (SSSR count). The van der Waals surface area contributed by atoms with E-state index in [0.717, 1.165) is 4.62 Å². The summed E-state index contributed by atoms with van der Waals surface area (Å²) in [4.78, 5) is 11.3. The van der Waals surface area contributed by atoms with Crippen molar-refractivity contribution in [3.05, 3.63) is 41.8 Å². The predicted molar refractivity (Wildman–Crippen MR) is 75.3 cm³/mol. The molecule has 0 aliphatic carbocycles. The average molecular weight is 279 g/mol. The summed E-state index contributed by atoms with van der Waals surface area (Å²) >= 11 is 1.44. The van der Waals surface area contributed by atoms with Crippen LogP contribution in [0.15, 0.2) is 41.8 Å². The number of nitrogens with one attached hydrogen (secondary N) is 1. The highest BCUT2D eigenvalue weighted by Crippen LogP contribution is 2.26. The quantitative estimate of drug-likeness (QED) is 0.831. The monoisotopic (exact) mass is 279 g/mol. The van der Waals surface area contributed by atoms with Crippen molar-refractivity contribution in [2.75, 3.05) is 11.9 Å². The molecule has 0 aliphatic rings. The Labute approximate surface area is 110 Å². The zero-order valence-electron chi connectivity index (χ0n) is 9.50. The molecule has 1 unspecified atom stereocenters. The fraction of sp³-hybridized carbons (Fsp3) is 0.0833. The van der Waals surface area contributed by atoms with Crippen LogP contribution in [0.25, 0.3) is 0 Å². The molecular formula is C12H12N2O2PS+. The predicted octanol–water partition coefficient (Wildman–Crippen LogP) is 1.42. The number of benzene rings is 1. The number of para-hydroxylation sites is 1. The first-order chi connectivity index (χ1) is 8.72. The van der Waals surface area contributed by atoms with Gasteiger partial charge in [-0.2, -0.15) is 0 Å². The minimum atomic E-state index is -1.68. The van der Waals surface area contributed by atoms with E-state index in [9.17, 15) is 9.36 Å². The first-order valence-corrected chi connectivity index (χ1v) is 7.46. The Balaban J connectivity index is 2.33. The summed E-state index contributed by atoms with van der Waals surface area (Å²) in [6.07, 6.45) is 0. The van der Waals surface area contributed by atoms with E-state index in [1.54, 1.807) is 24.3 Å². The highest BCUT2D eigenvalue weighted by atomic mass is 32.1. The normalized spacial score (nSPS) is 11.1. The number of hydrogen-bond acceptors (Lipinski definition) is 4. The SMILES string of the molecule is NCC(=O)Nc1ccccc1[P+](=O)c1cccs1. The molecule has 1 aromatic carbocycles. The number of carbonyl (C=O) groups excluding carboxylic acids is 1. The Kier molecular flexibility index (Phi) is 4.20. The van der Waals surface area contributed by atoms with E-state index in [4.69, 9.17) is 5.73 Å². The second kappa shape index (κ2) is 5.87. The topological polar surface area (TPSA) is 72.2 Å². The number of hydrogen-bond donors (Lipinski definition) is 2.